The van der Waals surface area contributed by atoms with Crippen LogP contribution in [0.1, 0.15) is 5.76 Å². The molecule has 0 saturated carbocycles. The lowest BCUT2D eigenvalue weighted by Crippen LogP contribution is -2.21. The molecule has 0 radical (unpaired) electrons. The molecule has 0 aromatic carbocycles. The zero-order valence-electron chi connectivity index (χ0n) is 6.53. The van der Waals surface area contributed by atoms with Crippen LogP contribution in [0.4, 0.5) is 0 Å². The molecular formula is C8H6N2O2S. The second-order valence-corrected chi connectivity index (χ2v) is 2.89. The fourth-order valence-electron chi connectivity index (χ4n) is 0.998. The van der Waals surface area contributed by atoms with Crippen LogP contribution >= 0.6 is 12.2 Å². The van der Waals surface area contributed by atoms with Crippen molar-refractivity contribution in [2.45, 2.75) is 0 Å². The molecule has 5 heteroatoms. The predicted molar refractivity (Wildman–Crippen MR) is 50.6 cm³/mol. The molecule has 2 rings (SSSR count). The van der Waals surface area contributed by atoms with Gasteiger partial charge in [0.25, 0.3) is 5.91 Å². The third-order valence-electron chi connectivity index (χ3n) is 1.55. The van der Waals surface area contributed by atoms with Gasteiger partial charge in [0.2, 0.25) is 0 Å². The van der Waals surface area contributed by atoms with Gasteiger partial charge in [-0.25, -0.2) is 0 Å². The Labute approximate surface area is 79.6 Å². The molecule has 1 fully saturated rings. The Kier molecular flexibility index (Phi) is 1.86. The maximum Gasteiger partial charge on any atom is 0.274 e. The summed E-state index contributed by atoms with van der Waals surface area (Å²) in [7, 11) is 0. The van der Waals surface area contributed by atoms with Crippen molar-refractivity contribution >= 4 is 29.3 Å². The van der Waals surface area contributed by atoms with Crippen molar-refractivity contribution in [3.8, 4) is 0 Å². The van der Waals surface area contributed by atoms with Gasteiger partial charge < -0.3 is 9.73 Å². The maximum absolute atomic E-state index is 11.1. The van der Waals surface area contributed by atoms with E-state index in [2.05, 4.69) is 10.6 Å². The summed E-state index contributed by atoms with van der Waals surface area (Å²) in [6.45, 7) is 0. The monoisotopic (exact) mass is 194 g/mol. The lowest BCUT2D eigenvalue weighted by molar-refractivity contribution is -0.115. The smallest absolute Gasteiger partial charge is 0.274 e. The molecule has 0 unspecified atom stereocenters. The van der Waals surface area contributed by atoms with Gasteiger partial charge >= 0.3 is 0 Å². The van der Waals surface area contributed by atoms with Crippen LogP contribution < -0.4 is 10.6 Å². The summed E-state index contributed by atoms with van der Waals surface area (Å²) in [5, 5.41) is 5.49. The topological polar surface area (TPSA) is 54.3 Å². The lowest BCUT2D eigenvalue weighted by atomic mass is 10.3. The van der Waals surface area contributed by atoms with Gasteiger partial charge in [-0.3, -0.25) is 10.1 Å². The van der Waals surface area contributed by atoms with Crippen molar-refractivity contribution in [1.82, 2.24) is 10.6 Å². The van der Waals surface area contributed by atoms with Gasteiger partial charge in [-0.1, -0.05) is 0 Å². The Morgan fingerprint density at radius 3 is 2.85 bits per heavy atom. The van der Waals surface area contributed by atoms with Gasteiger partial charge in [0.05, 0.1) is 6.26 Å². The first kappa shape index (κ1) is 8.00. The van der Waals surface area contributed by atoms with E-state index in [1.54, 1.807) is 18.2 Å². The molecular weight excluding hydrogens is 188 g/mol. The summed E-state index contributed by atoms with van der Waals surface area (Å²) in [6, 6.07) is 3.50. The van der Waals surface area contributed by atoms with E-state index in [1.165, 1.54) is 6.26 Å². The molecule has 1 aliphatic heterocycles. The molecule has 1 amide bonds. The van der Waals surface area contributed by atoms with Crippen LogP contribution in [-0.4, -0.2) is 11.0 Å². The predicted octanol–water partition coefficient (Wildman–Crippen LogP) is 0.625. The molecule has 2 heterocycles. The highest BCUT2D eigenvalue weighted by Gasteiger charge is 2.20. The second-order valence-electron chi connectivity index (χ2n) is 2.48. The number of hydrogen-bond donors (Lipinski definition) is 2. The summed E-state index contributed by atoms with van der Waals surface area (Å²) in [5.41, 5.74) is 0.403. The Bertz CT molecular complexity index is 381. The van der Waals surface area contributed by atoms with Crippen LogP contribution in [0.25, 0.3) is 6.08 Å². The summed E-state index contributed by atoms with van der Waals surface area (Å²) >= 11 is 4.75. The third kappa shape index (κ3) is 1.59. The molecule has 4 nitrogen and oxygen atoms in total. The van der Waals surface area contributed by atoms with E-state index < -0.39 is 0 Å². The average Bonchev–Trinajstić information content (AvgIpc) is 2.63. The van der Waals surface area contributed by atoms with Crippen molar-refractivity contribution in [2.24, 2.45) is 0 Å². The van der Waals surface area contributed by atoms with E-state index in [1.807, 2.05) is 0 Å². The van der Waals surface area contributed by atoms with Crippen LogP contribution in [0.2, 0.25) is 0 Å². The van der Waals surface area contributed by atoms with Crippen molar-refractivity contribution in [1.29, 1.82) is 0 Å². The summed E-state index contributed by atoms with van der Waals surface area (Å²) < 4.78 is 5.04. The molecule has 1 saturated heterocycles. The summed E-state index contributed by atoms with van der Waals surface area (Å²) in [4.78, 5) is 11.1. The van der Waals surface area contributed by atoms with Crippen LogP contribution in [0.15, 0.2) is 28.5 Å². The second kappa shape index (κ2) is 3.02. The number of hydrogen-bond acceptors (Lipinski definition) is 3. The van der Waals surface area contributed by atoms with E-state index in [0.717, 1.165) is 0 Å². The number of carbonyl (C=O) groups excluding carboxylic acids is 1. The van der Waals surface area contributed by atoms with Crippen LogP contribution in [0.5, 0.6) is 0 Å². The fourth-order valence-corrected chi connectivity index (χ4v) is 1.20. The van der Waals surface area contributed by atoms with Crippen molar-refractivity contribution in [3.05, 3.63) is 29.9 Å². The minimum Gasteiger partial charge on any atom is -0.465 e. The number of thiocarbonyl (C=S) groups is 1. The lowest BCUT2D eigenvalue weighted by Gasteiger charge is -1.90. The molecule has 0 aliphatic carbocycles. The van der Waals surface area contributed by atoms with Gasteiger partial charge in [0.15, 0.2) is 5.11 Å². The van der Waals surface area contributed by atoms with E-state index in [9.17, 15) is 4.79 Å². The van der Waals surface area contributed by atoms with E-state index in [0.29, 0.717) is 16.6 Å². The van der Waals surface area contributed by atoms with Crippen molar-refractivity contribution in [2.75, 3.05) is 0 Å². The van der Waals surface area contributed by atoms with Crippen molar-refractivity contribution < 1.29 is 9.21 Å². The van der Waals surface area contributed by atoms with E-state index in [-0.39, 0.29) is 5.91 Å². The average molecular weight is 194 g/mol. The minimum atomic E-state index is -0.235. The quantitative estimate of drug-likeness (QED) is 0.508. The Morgan fingerprint density at radius 1 is 1.46 bits per heavy atom. The first-order valence-corrected chi connectivity index (χ1v) is 4.04. The highest BCUT2D eigenvalue weighted by atomic mass is 32.1. The molecule has 66 valence electrons. The minimum absolute atomic E-state index is 0.235. The first-order valence-electron chi connectivity index (χ1n) is 3.63. The molecule has 0 spiro atoms. The zero-order valence-corrected chi connectivity index (χ0v) is 7.35. The third-order valence-corrected chi connectivity index (χ3v) is 1.75. The number of carbonyl (C=O) groups is 1. The van der Waals surface area contributed by atoms with E-state index in [4.69, 9.17) is 16.6 Å². The van der Waals surface area contributed by atoms with E-state index >= 15 is 0 Å². The zero-order chi connectivity index (χ0) is 9.26. The number of amides is 1. The molecule has 1 aromatic heterocycles. The van der Waals surface area contributed by atoms with Gasteiger partial charge in [0, 0.05) is 6.08 Å². The van der Waals surface area contributed by atoms with Gasteiger partial charge in [-0.15, -0.1) is 0 Å². The van der Waals surface area contributed by atoms with Gasteiger partial charge in [0.1, 0.15) is 11.5 Å². The van der Waals surface area contributed by atoms with Crippen LogP contribution in [0.3, 0.4) is 0 Å². The van der Waals surface area contributed by atoms with Crippen molar-refractivity contribution in [3.63, 3.8) is 0 Å². The SMILES string of the molecule is O=C1NC(=S)N/C1=C/c1ccco1. The number of rotatable bonds is 1. The molecule has 1 aliphatic rings. The first-order chi connectivity index (χ1) is 6.25. The molecule has 0 atom stereocenters. The summed E-state index contributed by atoms with van der Waals surface area (Å²) in [6.07, 6.45) is 3.13. The highest BCUT2D eigenvalue weighted by molar-refractivity contribution is 7.80. The Hall–Kier alpha value is -1.62. The Balaban J connectivity index is 2.27. The maximum atomic E-state index is 11.1. The molecule has 0 bridgehead atoms. The molecule has 13 heavy (non-hydrogen) atoms. The van der Waals surface area contributed by atoms with Crippen LogP contribution in [-0.2, 0) is 4.79 Å². The van der Waals surface area contributed by atoms with Gasteiger partial charge in [-0.05, 0) is 24.4 Å². The highest BCUT2D eigenvalue weighted by Crippen LogP contribution is 2.07. The number of furan rings is 1. The fraction of sp³-hybridized carbons (Fsp3) is 0. The summed E-state index contributed by atoms with van der Waals surface area (Å²) in [5.74, 6) is 0.378. The standard InChI is InChI=1S/C8H6N2O2S/c11-7-6(9-8(13)10-7)4-5-2-1-3-12-5/h1-4H,(H2,9,10,11,13)/b6-4+. The molecule has 1 aromatic rings. The largest absolute Gasteiger partial charge is 0.465 e. The number of nitrogens with one attached hydrogen (secondary N) is 2. The molecule has 2 N–H and O–H groups in total. The normalized spacial score (nSPS) is 18.9. The Morgan fingerprint density at radius 2 is 2.31 bits per heavy atom. The van der Waals surface area contributed by atoms with Gasteiger partial charge in [-0.2, -0.15) is 0 Å². The van der Waals surface area contributed by atoms with Crippen LogP contribution in [0, 0.1) is 0 Å².